The first-order chi connectivity index (χ1) is 9.56. The minimum Gasteiger partial charge on any atom is -0.269 e. The SMILES string of the molecule is CN(/N=C/c1ccc([N+](=O)[O-])cc1)c1ccc(Cl)cc1. The molecular weight excluding hydrogens is 278 g/mol. The number of anilines is 1. The molecule has 0 aliphatic heterocycles. The Hall–Kier alpha value is -2.40. The van der Waals surface area contributed by atoms with Crippen LogP contribution in [0.1, 0.15) is 5.56 Å². The molecule has 0 aliphatic rings. The molecule has 6 heteroatoms. The molecule has 0 saturated heterocycles. The molecule has 2 rings (SSSR count). The minimum atomic E-state index is -0.430. The van der Waals surface area contributed by atoms with Gasteiger partial charge in [-0.2, -0.15) is 5.10 Å². The Morgan fingerprint density at radius 3 is 2.30 bits per heavy atom. The van der Waals surface area contributed by atoms with Gasteiger partial charge < -0.3 is 0 Å². The quantitative estimate of drug-likeness (QED) is 0.490. The van der Waals surface area contributed by atoms with Crippen molar-refractivity contribution in [2.24, 2.45) is 5.10 Å². The predicted molar refractivity (Wildman–Crippen MR) is 80.5 cm³/mol. The molecule has 0 saturated carbocycles. The van der Waals surface area contributed by atoms with Gasteiger partial charge in [0.05, 0.1) is 16.8 Å². The zero-order chi connectivity index (χ0) is 14.5. The molecule has 2 aromatic carbocycles. The number of rotatable bonds is 4. The predicted octanol–water partition coefficient (Wildman–Crippen LogP) is 3.72. The van der Waals surface area contributed by atoms with Gasteiger partial charge in [-0.3, -0.25) is 15.1 Å². The molecule has 0 radical (unpaired) electrons. The van der Waals surface area contributed by atoms with Crippen molar-refractivity contribution in [3.05, 3.63) is 69.2 Å². The Morgan fingerprint density at radius 1 is 1.15 bits per heavy atom. The fourth-order valence-electron chi connectivity index (χ4n) is 1.56. The monoisotopic (exact) mass is 289 g/mol. The Bertz CT molecular complexity index is 624. The Labute approximate surface area is 121 Å². The molecule has 0 atom stereocenters. The molecular formula is C14H12ClN3O2. The number of hydrazone groups is 1. The van der Waals surface area contributed by atoms with E-state index >= 15 is 0 Å². The summed E-state index contributed by atoms with van der Waals surface area (Å²) in [7, 11) is 1.81. The molecule has 0 aliphatic carbocycles. The van der Waals surface area contributed by atoms with Gasteiger partial charge in [-0.25, -0.2) is 0 Å². The number of hydrogen-bond acceptors (Lipinski definition) is 4. The molecule has 0 bridgehead atoms. The molecule has 20 heavy (non-hydrogen) atoms. The van der Waals surface area contributed by atoms with Crippen LogP contribution in [0.5, 0.6) is 0 Å². The molecule has 0 unspecified atom stereocenters. The second-order valence-electron chi connectivity index (χ2n) is 4.09. The van der Waals surface area contributed by atoms with E-state index in [4.69, 9.17) is 11.6 Å². The van der Waals surface area contributed by atoms with E-state index in [-0.39, 0.29) is 5.69 Å². The average Bonchev–Trinajstić information content (AvgIpc) is 2.46. The summed E-state index contributed by atoms with van der Waals surface area (Å²) in [5, 5.41) is 17.2. The number of non-ortho nitro benzene ring substituents is 1. The molecule has 0 heterocycles. The van der Waals surface area contributed by atoms with Crippen molar-refractivity contribution in [2.75, 3.05) is 12.1 Å². The third-order valence-electron chi connectivity index (χ3n) is 2.68. The second kappa shape index (κ2) is 6.16. The normalized spacial score (nSPS) is 10.7. The van der Waals surface area contributed by atoms with Crippen LogP contribution in [0.15, 0.2) is 53.6 Å². The Morgan fingerprint density at radius 2 is 1.75 bits per heavy atom. The highest BCUT2D eigenvalue weighted by molar-refractivity contribution is 6.30. The van der Waals surface area contributed by atoms with Crippen molar-refractivity contribution in [3.63, 3.8) is 0 Å². The van der Waals surface area contributed by atoms with Crippen LogP contribution in [-0.2, 0) is 0 Å². The molecule has 0 fully saturated rings. The van der Waals surface area contributed by atoms with Crippen LogP contribution in [0.25, 0.3) is 0 Å². The third kappa shape index (κ3) is 3.55. The summed E-state index contributed by atoms with van der Waals surface area (Å²) >= 11 is 5.82. The van der Waals surface area contributed by atoms with Crippen molar-refractivity contribution in [1.82, 2.24) is 0 Å². The first-order valence-corrected chi connectivity index (χ1v) is 6.22. The summed E-state index contributed by atoms with van der Waals surface area (Å²) in [5.74, 6) is 0. The van der Waals surface area contributed by atoms with E-state index in [1.54, 1.807) is 35.5 Å². The highest BCUT2D eigenvalue weighted by atomic mass is 35.5. The summed E-state index contributed by atoms with van der Waals surface area (Å²) < 4.78 is 0. The summed E-state index contributed by atoms with van der Waals surface area (Å²) in [5.41, 5.74) is 1.75. The van der Waals surface area contributed by atoms with Crippen molar-refractivity contribution in [3.8, 4) is 0 Å². The van der Waals surface area contributed by atoms with Crippen LogP contribution in [0.3, 0.4) is 0 Å². The van der Waals surface area contributed by atoms with Gasteiger partial charge in [-0.1, -0.05) is 11.6 Å². The van der Waals surface area contributed by atoms with E-state index in [0.717, 1.165) is 11.3 Å². The van der Waals surface area contributed by atoms with Crippen LogP contribution >= 0.6 is 11.6 Å². The van der Waals surface area contributed by atoms with E-state index in [0.29, 0.717) is 5.02 Å². The lowest BCUT2D eigenvalue weighted by Crippen LogP contribution is -2.08. The van der Waals surface area contributed by atoms with Crippen LogP contribution in [0, 0.1) is 10.1 Å². The van der Waals surface area contributed by atoms with Gasteiger partial charge >= 0.3 is 0 Å². The largest absolute Gasteiger partial charge is 0.269 e. The third-order valence-corrected chi connectivity index (χ3v) is 2.94. The first kappa shape index (κ1) is 14.0. The second-order valence-corrected chi connectivity index (χ2v) is 4.53. The van der Waals surface area contributed by atoms with Gasteiger partial charge in [0.1, 0.15) is 0 Å². The Kier molecular flexibility index (Phi) is 4.32. The van der Waals surface area contributed by atoms with E-state index in [9.17, 15) is 10.1 Å². The topological polar surface area (TPSA) is 58.7 Å². The number of nitro groups is 1. The number of nitrogens with zero attached hydrogens (tertiary/aromatic N) is 3. The van der Waals surface area contributed by atoms with Gasteiger partial charge in [0.25, 0.3) is 5.69 Å². The smallest absolute Gasteiger partial charge is 0.269 e. The summed E-state index contributed by atoms with van der Waals surface area (Å²) in [6.45, 7) is 0. The van der Waals surface area contributed by atoms with Gasteiger partial charge in [0, 0.05) is 24.2 Å². The maximum Gasteiger partial charge on any atom is 0.269 e. The molecule has 0 aromatic heterocycles. The maximum absolute atomic E-state index is 10.5. The van der Waals surface area contributed by atoms with Gasteiger partial charge in [0.15, 0.2) is 0 Å². The summed E-state index contributed by atoms with van der Waals surface area (Å²) in [4.78, 5) is 10.1. The van der Waals surface area contributed by atoms with Crippen LogP contribution < -0.4 is 5.01 Å². The minimum absolute atomic E-state index is 0.0632. The lowest BCUT2D eigenvalue weighted by atomic mass is 10.2. The molecule has 2 aromatic rings. The summed E-state index contributed by atoms with van der Waals surface area (Å²) in [6.07, 6.45) is 1.64. The standard InChI is InChI=1S/C14H12ClN3O2/c1-17(13-8-4-12(15)5-9-13)16-10-11-2-6-14(7-3-11)18(19)20/h2-10H,1H3/b16-10+. The summed E-state index contributed by atoms with van der Waals surface area (Å²) in [6, 6.07) is 13.5. The molecule has 0 N–H and O–H groups in total. The molecule has 0 amide bonds. The number of benzene rings is 2. The van der Waals surface area contributed by atoms with Crippen molar-refractivity contribution in [1.29, 1.82) is 0 Å². The van der Waals surface area contributed by atoms with Crippen LogP contribution in [-0.4, -0.2) is 18.2 Å². The maximum atomic E-state index is 10.5. The molecule has 0 spiro atoms. The highest BCUT2D eigenvalue weighted by Gasteiger charge is 2.03. The van der Waals surface area contributed by atoms with Crippen molar-refractivity contribution >= 4 is 29.2 Å². The van der Waals surface area contributed by atoms with Crippen molar-refractivity contribution in [2.45, 2.75) is 0 Å². The fraction of sp³-hybridized carbons (Fsp3) is 0.0714. The van der Waals surface area contributed by atoms with Gasteiger partial charge in [-0.05, 0) is 42.0 Å². The number of halogens is 1. The fourth-order valence-corrected chi connectivity index (χ4v) is 1.68. The van der Waals surface area contributed by atoms with E-state index in [2.05, 4.69) is 5.10 Å². The molecule has 102 valence electrons. The number of hydrogen-bond donors (Lipinski definition) is 0. The lowest BCUT2D eigenvalue weighted by molar-refractivity contribution is -0.384. The van der Waals surface area contributed by atoms with E-state index in [1.807, 2.05) is 19.2 Å². The van der Waals surface area contributed by atoms with Gasteiger partial charge in [-0.15, -0.1) is 0 Å². The van der Waals surface area contributed by atoms with Crippen LogP contribution in [0.4, 0.5) is 11.4 Å². The average molecular weight is 290 g/mol. The number of nitro benzene ring substituents is 1. The zero-order valence-electron chi connectivity index (χ0n) is 10.7. The highest BCUT2D eigenvalue weighted by Crippen LogP contribution is 2.17. The molecule has 5 nitrogen and oxygen atoms in total. The van der Waals surface area contributed by atoms with E-state index in [1.165, 1.54) is 12.1 Å². The first-order valence-electron chi connectivity index (χ1n) is 5.84. The van der Waals surface area contributed by atoms with Crippen LogP contribution in [0.2, 0.25) is 5.02 Å². The Balaban J connectivity index is 2.08. The lowest BCUT2D eigenvalue weighted by Gasteiger charge is -2.12. The van der Waals surface area contributed by atoms with Gasteiger partial charge in [0.2, 0.25) is 0 Å². The van der Waals surface area contributed by atoms with Crippen molar-refractivity contribution < 1.29 is 4.92 Å². The zero-order valence-corrected chi connectivity index (χ0v) is 11.5. The van der Waals surface area contributed by atoms with E-state index < -0.39 is 4.92 Å².